The first kappa shape index (κ1) is 10.8. The summed E-state index contributed by atoms with van der Waals surface area (Å²) in [5, 5.41) is 0. The van der Waals surface area contributed by atoms with Gasteiger partial charge in [-0.3, -0.25) is 4.79 Å². The molecule has 4 heteroatoms. The first-order valence-electron chi connectivity index (χ1n) is 4.74. The molecule has 0 radical (unpaired) electrons. The molecule has 0 spiro atoms. The maximum absolute atomic E-state index is 12.9. The number of halogens is 1. The Morgan fingerprint density at radius 3 is 2.62 bits per heavy atom. The topological polar surface area (TPSA) is 43.1 Å². The van der Waals surface area contributed by atoms with Gasteiger partial charge in [-0.1, -0.05) is 0 Å². The normalized spacial score (nSPS) is 10.4. The summed E-state index contributed by atoms with van der Waals surface area (Å²) in [5.74, 6) is -0.622. The zero-order valence-corrected chi connectivity index (χ0v) is 9.48. The van der Waals surface area contributed by atoms with Crippen LogP contribution in [0.1, 0.15) is 20.1 Å². The lowest BCUT2D eigenvalue weighted by atomic mass is 10.1. The molecule has 0 aliphatic rings. The van der Waals surface area contributed by atoms with Crippen molar-refractivity contribution in [2.45, 2.75) is 6.92 Å². The van der Waals surface area contributed by atoms with Crippen LogP contribution in [0.4, 0.5) is 10.1 Å². The third-order valence-corrected chi connectivity index (χ3v) is 3.22. The first-order chi connectivity index (χ1) is 7.58. The average molecular weight is 235 g/mol. The Bertz CT molecular complexity index is 548. The lowest BCUT2D eigenvalue weighted by Gasteiger charge is -2.00. The maximum atomic E-state index is 12.9. The molecular formula is C12H10FNOS. The molecule has 0 bridgehead atoms. The molecule has 0 aliphatic heterocycles. The van der Waals surface area contributed by atoms with Crippen molar-refractivity contribution in [1.82, 2.24) is 0 Å². The second-order valence-electron chi connectivity index (χ2n) is 3.48. The second-order valence-corrected chi connectivity index (χ2v) is 4.76. The molecule has 82 valence electrons. The van der Waals surface area contributed by atoms with E-state index in [9.17, 15) is 9.18 Å². The molecule has 2 nitrogen and oxygen atoms in total. The van der Waals surface area contributed by atoms with Gasteiger partial charge in [0.1, 0.15) is 5.82 Å². The maximum Gasteiger partial charge on any atom is 0.203 e. The molecule has 1 aromatic carbocycles. The molecule has 0 unspecified atom stereocenters. The van der Waals surface area contributed by atoms with Crippen molar-refractivity contribution in [3.05, 3.63) is 51.5 Å². The number of nitrogens with two attached hydrogens (primary N) is 1. The zero-order valence-electron chi connectivity index (χ0n) is 8.66. The van der Waals surface area contributed by atoms with Crippen molar-refractivity contribution < 1.29 is 9.18 Å². The number of hydrogen-bond acceptors (Lipinski definition) is 3. The highest BCUT2D eigenvalue weighted by Gasteiger charge is 2.12. The molecule has 0 saturated carbocycles. The van der Waals surface area contributed by atoms with E-state index in [0.717, 1.165) is 4.88 Å². The molecule has 2 aromatic rings. The smallest absolute Gasteiger partial charge is 0.203 e. The van der Waals surface area contributed by atoms with E-state index in [1.807, 2.05) is 13.0 Å². The Kier molecular flexibility index (Phi) is 2.75. The number of benzene rings is 1. The lowest BCUT2D eigenvalue weighted by molar-refractivity contribution is 0.104. The minimum atomic E-state index is -0.501. The van der Waals surface area contributed by atoms with E-state index in [2.05, 4.69) is 0 Å². The molecule has 2 N–H and O–H groups in total. The lowest BCUT2D eigenvalue weighted by Crippen LogP contribution is -2.01. The SMILES string of the molecule is Cc1ccc(C(=O)c2ccc(F)c(N)c2)s1. The van der Waals surface area contributed by atoms with Crippen molar-refractivity contribution >= 4 is 22.8 Å². The summed E-state index contributed by atoms with van der Waals surface area (Å²) >= 11 is 1.42. The van der Waals surface area contributed by atoms with E-state index >= 15 is 0 Å². The minimum Gasteiger partial charge on any atom is -0.396 e. The molecule has 16 heavy (non-hydrogen) atoms. The molecule has 0 aliphatic carbocycles. The molecule has 0 fully saturated rings. The number of hydrogen-bond donors (Lipinski definition) is 1. The standard InChI is InChI=1S/C12H10FNOS/c1-7-2-5-11(16-7)12(15)8-3-4-9(13)10(14)6-8/h2-6H,14H2,1H3. The Balaban J connectivity index is 2.38. The molecule has 0 saturated heterocycles. The number of carbonyl (C=O) groups is 1. The summed E-state index contributed by atoms with van der Waals surface area (Å²) in [4.78, 5) is 13.7. The van der Waals surface area contributed by atoms with Gasteiger partial charge in [0.05, 0.1) is 10.6 Å². The van der Waals surface area contributed by atoms with E-state index in [0.29, 0.717) is 10.4 Å². The van der Waals surface area contributed by atoms with E-state index in [4.69, 9.17) is 5.73 Å². The number of carbonyl (C=O) groups excluding carboxylic acids is 1. The number of anilines is 1. The Morgan fingerprint density at radius 1 is 1.31 bits per heavy atom. The van der Waals surface area contributed by atoms with Crippen LogP contribution >= 0.6 is 11.3 Å². The molecule has 1 heterocycles. The number of ketones is 1. The predicted octanol–water partition coefficient (Wildman–Crippen LogP) is 3.01. The van der Waals surface area contributed by atoms with E-state index in [1.54, 1.807) is 6.07 Å². The summed E-state index contributed by atoms with van der Waals surface area (Å²) in [6, 6.07) is 7.67. The third kappa shape index (κ3) is 1.97. The molecule has 1 aromatic heterocycles. The van der Waals surface area contributed by atoms with Gasteiger partial charge in [0.2, 0.25) is 5.78 Å². The van der Waals surface area contributed by atoms with Gasteiger partial charge in [-0.05, 0) is 37.3 Å². The van der Waals surface area contributed by atoms with Crippen molar-refractivity contribution in [1.29, 1.82) is 0 Å². The molecule has 2 rings (SSSR count). The van der Waals surface area contributed by atoms with Gasteiger partial charge in [-0.2, -0.15) is 0 Å². The van der Waals surface area contributed by atoms with Gasteiger partial charge in [0.15, 0.2) is 0 Å². The Hall–Kier alpha value is -1.68. The van der Waals surface area contributed by atoms with Gasteiger partial charge in [0.25, 0.3) is 0 Å². The molecular weight excluding hydrogens is 225 g/mol. The molecule has 0 amide bonds. The first-order valence-corrected chi connectivity index (χ1v) is 5.56. The van der Waals surface area contributed by atoms with Crippen LogP contribution < -0.4 is 5.73 Å². The van der Waals surface area contributed by atoms with Gasteiger partial charge in [-0.15, -0.1) is 11.3 Å². The molecule has 0 atom stereocenters. The fourth-order valence-corrected chi connectivity index (χ4v) is 2.21. The van der Waals surface area contributed by atoms with Crippen molar-refractivity contribution in [2.24, 2.45) is 0 Å². The van der Waals surface area contributed by atoms with E-state index in [-0.39, 0.29) is 11.5 Å². The van der Waals surface area contributed by atoms with Crippen LogP contribution in [0.25, 0.3) is 0 Å². The van der Waals surface area contributed by atoms with Crippen LogP contribution in [0.3, 0.4) is 0 Å². The number of rotatable bonds is 2. The summed E-state index contributed by atoms with van der Waals surface area (Å²) in [7, 11) is 0. The summed E-state index contributed by atoms with van der Waals surface area (Å²) in [6.45, 7) is 1.93. The van der Waals surface area contributed by atoms with Gasteiger partial charge in [0, 0.05) is 10.4 Å². The second kappa shape index (κ2) is 4.06. The van der Waals surface area contributed by atoms with Crippen molar-refractivity contribution in [3.63, 3.8) is 0 Å². The van der Waals surface area contributed by atoms with E-state index < -0.39 is 5.82 Å². The fourth-order valence-electron chi connectivity index (χ4n) is 1.38. The zero-order chi connectivity index (χ0) is 11.7. The van der Waals surface area contributed by atoms with Gasteiger partial charge >= 0.3 is 0 Å². The van der Waals surface area contributed by atoms with Crippen LogP contribution in [-0.4, -0.2) is 5.78 Å². The van der Waals surface area contributed by atoms with Crippen LogP contribution in [0.2, 0.25) is 0 Å². The highest BCUT2D eigenvalue weighted by atomic mass is 32.1. The highest BCUT2D eigenvalue weighted by Crippen LogP contribution is 2.21. The minimum absolute atomic E-state index is 0.000807. The quantitative estimate of drug-likeness (QED) is 0.642. The largest absolute Gasteiger partial charge is 0.396 e. The highest BCUT2D eigenvalue weighted by molar-refractivity contribution is 7.14. The monoisotopic (exact) mass is 235 g/mol. The third-order valence-electron chi connectivity index (χ3n) is 2.22. The van der Waals surface area contributed by atoms with Crippen molar-refractivity contribution in [3.8, 4) is 0 Å². The van der Waals surface area contributed by atoms with Gasteiger partial charge < -0.3 is 5.73 Å². The van der Waals surface area contributed by atoms with Crippen LogP contribution in [0.15, 0.2) is 30.3 Å². The Labute approximate surface area is 96.5 Å². The van der Waals surface area contributed by atoms with Crippen LogP contribution in [-0.2, 0) is 0 Å². The Morgan fingerprint density at radius 2 is 2.06 bits per heavy atom. The number of nitrogen functional groups attached to an aromatic ring is 1. The fraction of sp³-hybridized carbons (Fsp3) is 0.0833. The van der Waals surface area contributed by atoms with Crippen molar-refractivity contribution in [2.75, 3.05) is 5.73 Å². The number of aryl methyl sites for hydroxylation is 1. The average Bonchev–Trinajstić information content (AvgIpc) is 2.68. The number of thiophene rings is 1. The summed E-state index contributed by atoms with van der Waals surface area (Å²) in [6.07, 6.45) is 0. The summed E-state index contributed by atoms with van der Waals surface area (Å²) in [5.41, 5.74) is 5.83. The van der Waals surface area contributed by atoms with Crippen LogP contribution in [0, 0.1) is 12.7 Å². The van der Waals surface area contributed by atoms with Crippen LogP contribution in [0.5, 0.6) is 0 Å². The predicted molar refractivity (Wildman–Crippen MR) is 63.3 cm³/mol. The van der Waals surface area contributed by atoms with Gasteiger partial charge in [-0.25, -0.2) is 4.39 Å². The van der Waals surface area contributed by atoms with E-state index in [1.165, 1.54) is 29.5 Å². The summed E-state index contributed by atoms with van der Waals surface area (Å²) < 4.78 is 12.9.